The molecule has 0 saturated carbocycles. The molecule has 1 N–H and O–H groups in total. The summed E-state index contributed by atoms with van der Waals surface area (Å²) in [6, 6.07) is 15.4. The summed E-state index contributed by atoms with van der Waals surface area (Å²) >= 11 is 3.42. The van der Waals surface area contributed by atoms with E-state index in [1.807, 2.05) is 48.5 Å². The van der Waals surface area contributed by atoms with E-state index >= 15 is 0 Å². The molecular weight excluding hydrogens is 368 g/mol. The first-order valence-corrected chi connectivity index (χ1v) is 8.45. The molecule has 1 amide bonds. The summed E-state index contributed by atoms with van der Waals surface area (Å²) in [6.07, 6.45) is 1.58. The number of carbonyl (C=O) groups is 1. The number of nitrogens with one attached hydrogen (secondary N) is 1. The lowest BCUT2D eigenvalue weighted by atomic mass is 9.87. The number of benzene rings is 2. The largest absolute Gasteiger partial charge is 0.484 e. The maximum Gasteiger partial charge on any atom is 0.277 e. The normalized spacial score (nSPS) is 11.5. The minimum absolute atomic E-state index is 0.0812. The van der Waals surface area contributed by atoms with Crippen LogP contribution in [0.1, 0.15) is 31.9 Å². The van der Waals surface area contributed by atoms with Crippen molar-refractivity contribution in [3.63, 3.8) is 0 Å². The Morgan fingerprint density at radius 1 is 1.17 bits per heavy atom. The minimum atomic E-state index is -0.307. The summed E-state index contributed by atoms with van der Waals surface area (Å²) < 4.78 is 6.38. The highest BCUT2D eigenvalue weighted by molar-refractivity contribution is 9.10. The number of amides is 1. The van der Waals surface area contributed by atoms with Crippen molar-refractivity contribution in [2.45, 2.75) is 26.2 Å². The van der Waals surface area contributed by atoms with Gasteiger partial charge in [-0.15, -0.1) is 0 Å². The van der Waals surface area contributed by atoms with E-state index in [0.29, 0.717) is 5.75 Å². The number of hydrogen-bond donors (Lipinski definition) is 1. The molecule has 0 fully saturated rings. The van der Waals surface area contributed by atoms with Crippen LogP contribution in [0.4, 0.5) is 0 Å². The van der Waals surface area contributed by atoms with Gasteiger partial charge in [0, 0.05) is 10.0 Å². The molecule has 0 bridgehead atoms. The quantitative estimate of drug-likeness (QED) is 0.613. The number of ether oxygens (including phenoxy) is 1. The third-order valence-electron chi connectivity index (χ3n) is 3.39. The minimum Gasteiger partial charge on any atom is -0.484 e. The Bertz CT molecular complexity index is 719. The van der Waals surface area contributed by atoms with Crippen molar-refractivity contribution in [2.75, 3.05) is 6.61 Å². The van der Waals surface area contributed by atoms with E-state index in [9.17, 15) is 4.79 Å². The summed E-state index contributed by atoms with van der Waals surface area (Å²) in [7, 11) is 0. The molecule has 0 unspecified atom stereocenters. The van der Waals surface area contributed by atoms with Crippen molar-refractivity contribution < 1.29 is 9.53 Å². The van der Waals surface area contributed by atoms with Crippen LogP contribution in [0.2, 0.25) is 0 Å². The molecule has 24 heavy (non-hydrogen) atoms. The standard InChI is InChI=1S/C19H21BrN2O2/c1-19(2,3)15-8-10-16(11-9-15)24-13-18(23)22-21-12-14-6-4-5-7-17(14)20/h4-12H,13H2,1-3H3,(H,22,23)/b21-12-. The van der Waals surface area contributed by atoms with Gasteiger partial charge in [-0.2, -0.15) is 5.10 Å². The van der Waals surface area contributed by atoms with Crippen LogP contribution in [0, 0.1) is 0 Å². The Morgan fingerprint density at radius 3 is 2.46 bits per heavy atom. The highest BCUT2D eigenvalue weighted by Gasteiger charge is 2.13. The number of rotatable bonds is 5. The van der Waals surface area contributed by atoms with Gasteiger partial charge in [0.05, 0.1) is 6.21 Å². The summed E-state index contributed by atoms with van der Waals surface area (Å²) in [5.41, 5.74) is 4.65. The molecule has 0 spiro atoms. The van der Waals surface area contributed by atoms with E-state index in [4.69, 9.17) is 4.74 Å². The summed E-state index contributed by atoms with van der Waals surface area (Å²) in [4.78, 5) is 11.8. The molecule has 0 heterocycles. The van der Waals surface area contributed by atoms with Crippen LogP contribution in [0.25, 0.3) is 0 Å². The third-order valence-corrected chi connectivity index (χ3v) is 4.11. The lowest BCUT2D eigenvalue weighted by molar-refractivity contribution is -0.123. The maximum absolute atomic E-state index is 11.8. The molecular formula is C19H21BrN2O2. The molecule has 0 radical (unpaired) electrons. The third kappa shape index (κ3) is 5.49. The van der Waals surface area contributed by atoms with Crippen molar-refractivity contribution in [1.29, 1.82) is 0 Å². The average Bonchev–Trinajstić information content (AvgIpc) is 2.54. The summed E-state index contributed by atoms with van der Waals surface area (Å²) in [5.74, 6) is 0.353. The van der Waals surface area contributed by atoms with Crippen LogP contribution < -0.4 is 10.2 Å². The Balaban J connectivity index is 1.82. The van der Waals surface area contributed by atoms with Gasteiger partial charge in [0.1, 0.15) is 5.75 Å². The van der Waals surface area contributed by atoms with E-state index in [2.05, 4.69) is 47.2 Å². The molecule has 2 aromatic carbocycles. The second kappa shape index (κ2) is 8.11. The Hall–Kier alpha value is -2.14. The zero-order valence-corrected chi connectivity index (χ0v) is 15.6. The van der Waals surface area contributed by atoms with Gasteiger partial charge in [-0.05, 0) is 29.2 Å². The van der Waals surface area contributed by atoms with Gasteiger partial charge in [-0.1, -0.05) is 67.0 Å². The zero-order valence-electron chi connectivity index (χ0n) is 14.0. The monoisotopic (exact) mass is 388 g/mol. The number of halogens is 1. The number of nitrogens with zero attached hydrogens (tertiary/aromatic N) is 1. The smallest absolute Gasteiger partial charge is 0.277 e. The first kappa shape index (κ1) is 18.2. The lowest BCUT2D eigenvalue weighted by Gasteiger charge is -2.19. The predicted molar refractivity (Wildman–Crippen MR) is 101 cm³/mol. The van der Waals surface area contributed by atoms with Crippen molar-refractivity contribution in [3.8, 4) is 5.75 Å². The van der Waals surface area contributed by atoms with Gasteiger partial charge < -0.3 is 4.74 Å². The lowest BCUT2D eigenvalue weighted by Crippen LogP contribution is -2.24. The first-order valence-electron chi connectivity index (χ1n) is 7.66. The van der Waals surface area contributed by atoms with Crippen molar-refractivity contribution in [2.24, 2.45) is 5.10 Å². The maximum atomic E-state index is 11.8. The number of hydrazone groups is 1. The molecule has 0 aliphatic carbocycles. The molecule has 2 aromatic rings. The second-order valence-corrected chi connectivity index (χ2v) is 7.23. The van der Waals surface area contributed by atoms with Crippen LogP contribution in [0.15, 0.2) is 58.1 Å². The molecule has 0 aliphatic heterocycles. The van der Waals surface area contributed by atoms with E-state index < -0.39 is 0 Å². The molecule has 5 heteroatoms. The Kier molecular flexibility index (Phi) is 6.15. The van der Waals surface area contributed by atoms with Crippen LogP contribution in [0.5, 0.6) is 5.75 Å². The second-order valence-electron chi connectivity index (χ2n) is 6.38. The molecule has 0 aromatic heterocycles. The van der Waals surface area contributed by atoms with Gasteiger partial charge in [-0.3, -0.25) is 4.79 Å². The van der Waals surface area contributed by atoms with E-state index in [0.717, 1.165) is 10.0 Å². The highest BCUT2D eigenvalue weighted by atomic mass is 79.9. The van der Waals surface area contributed by atoms with Crippen LogP contribution >= 0.6 is 15.9 Å². The molecule has 0 saturated heterocycles. The number of carbonyl (C=O) groups excluding carboxylic acids is 1. The molecule has 4 nitrogen and oxygen atoms in total. The van der Waals surface area contributed by atoms with Crippen LogP contribution in [-0.2, 0) is 10.2 Å². The fourth-order valence-corrected chi connectivity index (χ4v) is 2.37. The Labute approximate surface area is 151 Å². The fourth-order valence-electron chi connectivity index (χ4n) is 1.99. The van der Waals surface area contributed by atoms with Gasteiger partial charge in [0.15, 0.2) is 6.61 Å². The van der Waals surface area contributed by atoms with E-state index in [1.54, 1.807) is 6.21 Å². The molecule has 126 valence electrons. The van der Waals surface area contributed by atoms with Gasteiger partial charge in [-0.25, -0.2) is 5.43 Å². The van der Waals surface area contributed by atoms with Crippen molar-refractivity contribution in [1.82, 2.24) is 5.43 Å². The highest BCUT2D eigenvalue weighted by Crippen LogP contribution is 2.24. The average molecular weight is 389 g/mol. The number of hydrogen-bond acceptors (Lipinski definition) is 3. The zero-order chi connectivity index (χ0) is 17.6. The summed E-state index contributed by atoms with van der Waals surface area (Å²) in [6.45, 7) is 6.38. The van der Waals surface area contributed by atoms with Gasteiger partial charge >= 0.3 is 0 Å². The van der Waals surface area contributed by atoms with E-state index in [-0.39, 0.29) is 17.9 Å². The predicted octanol–water partition coefficient (Wildman–Crippen LogP) is 4.28. The van der Waals surface area contributed by atoms with Crippen molar-refractivity contribution >= 4 is 28.1 Å². The van der Waals surface area contributed by atoms with E-state index in [1.165, 1.54) is 5.56 Å². The van der Waals surface area contributed by atoms with Crippen molar-refractivity contribution in [3.05, 3.63) is 64.1 Å². The van der Waals surface area contributed by atoms with Gasteiger partial charge in [0.25, 0.3) is 5.91 Å². The fraction of sp³-hybridized carbons (Fsp3) is 0.263. The van der Waals surface area contributed by atoms with Crippen LogP contribution in [-0.4, -0.2) is 18.7 Å². The SMILES string of the molecule is CC(C)(C)c1ccc(OCC(=O)N/N=C\c2ccccc2Br)cc1. The van der Waals surface area contributed by atoms with Gasteiger partial charge in [0.2, 0.25) is 0 Å². The molecule has 2 rings (SSSR count). The topological polar surface area (TPSA) is 50.7 Å². The summed E-state index contributed by atoms with van der Waals surface area (Å²) in [5, 5.41) is 3.93. The molecule has 0 aliphatic rings. The van der Waals surface area contributed by atoms with Crippen LogP contribution in [0.3, 0.4) is 0 Å². The Morgan fingerprint density at radius 2 is 1.83 bits per heavy atom. The molecule has 0 atom stereocenters. The first-order chi connectivity index (χ1) is 11.4.